The Morgan fingerprint density at radius 3 is 1.68 bits per heavy atom. The summed E-state index contributed by atoms with van der Waals surface area (Å²) in [7, 11) is 4.61. The topological polar surface area (TPSA) is 64.1 Å². The SMILES string of the molecule is CCN(CCCCCCN(c1nc(C(C)C)nc(N2CCOCC2)n1)C1CC(C)(C)N(C)C(C)(C)C1)C1CC(C)(C)N(C)C(C)(C)C1. The summed E-state index contributed by atoms with van der Waals surface area (Å²) in [5.41, 5.74) is 0.636. The van der Waals surface area contributed by atoms with Gasteiger partial charge in [0.15, 0.2) is 0 Å². The molecule has 3 saturated heterocycles. The number of unbranched alkanes of at least 4 members (excludes halogenated alkanes) is 3. The minimum Gasteiger partial charge on any atom is -0.378 e. The second-order valence-corrected chi connectivity index (χ2v) is 17.8. The zero-order valence-corrected chi connectivity index (χ0v) is 32.8. The molecule has 0 aromatic carbocycles. The van der Waals surface area contributed by atoms with E-state index in [1.165, 1.54) is 38.6 Å². The summed E-state index contributed by atoms with van der Waals surface area (Å²) in [6, 6.07) is 1.04. The van der Waals surface area contributed by atoms with Gasteiger partial charge in [-0.3, -0.25) is 9.80 Å². The lowest BCUT2D eigenvalue weighted by molar-refractivity contribution is -0.0467. The van der Waals surface area contributed by atoms with Crippen molar-refractivity contribution in [1.29, 1.82) is 0 Å². The maximum absolute atomic E-state index is 5.66. The monoisotopic (exact) mass is 657 g/mol. The van der Waals surface area contributed by atoms with Crippen molar-refractivity contribution in [2.24, 2.45) is 0 Å². The quantitative estimate of drug-likeness (QED) is 0.213. The van der Waals surface area contributed by atoms with Gasteiger partial charge in [-0.25, -0.2) is 0 Å². The molecule has 0 radical (unpaired) electrons. The summed E-state index contributed by atoms with van der Waals surface area (Å²) in [6.07, 6.45) is 9.60. The molecular formula is C38H72N8O. The van der Waals surface area contributed by atoms with Gasteiger partial charge in [0.1, 0.15) is 5.82 Å². The van der Waals surface area contributed by atoms with Crippen LogP contribution in [0.4, 0.5) is 11.9 Å². The first-order chi connectivity index (χ1) is 21.9. The normalized spacial score (nSPS) is 23.9. The van der Waals surface area contributed by atoms with Crippen molar-refractivity contribution >= 4 is 11.9 Å². The third kappa shape index (κ3) is 9.17. The van der Waals surface area contributed by atoms with Crippen LogP contribution in [0, 0.1) is 0 Å². The zero-order chi connectivity index (χ0) is 34.8. The Morgan fingerprint density at radius 2 is 1.19 bits per heavy atom. The van der Waals surface area contributed by atoms with Gasteiger partial charge in [-0.1, -0.05) is 33.6 Å². The Kier molecular flexibility index (Phi) is 12.3. The average molecular weight is 657 g/mol. The predicted octanol–water partition coefficient (Wildman–Crippen LogP) is 6.82. The fourth-order valence-electron chi connectivity index (χ4n) is 8.77. The minimum absolute atomic E-state index is 0.0896. The number of morpholine rings is 1. The van der Waals surface area contributed by atoms with Gasteiger partial charge in [0.05, 0.1) is 13.2 Å². The zero-order valence-electron chi connectivity index (χ0n) is 32.8. The Balaban J connectivity index is 1.46. The molecule has 0 spiro atoms. The fraction of sp³-hybridized carbons (Fsp3) is 0.921. The van der Waals surface area contributed by atoms with Crippen LogP contribution in [-0.2, 0) is 4.74 Å². The van der Waals surface area contributed by atoms with Crippen LogP contribution in [0.3, 0.4) is 0 Å². The molecule has 0 unspecified atom stereocenters. The summed E-state index contributed by atoms with van der Waals surface area (Å²) in [5, 5.41) is 0. The number of anilines is 2. The van der Waals surface area contributed by atoms with Crippen LogP contribution in [0.1, 0.15) is 139 Å². The first-order valence-corrected chi connectivity index (χ1v) is 19.0. The Bertz CT molecular complexity index is 1110. The average Bonchev–Trinajstić information content (AvgIpc) is 2.99. The van der Waals surface area contributed by atoms with Crippen molar-refractivity contribution in [3.8, 4) is 0 Å². The van der Waals surface area contributed by atoms with Crippen molar-refractivity contribution in [3.05, 3.63) is 5.82 Å². The third-order valence-corrected chi connectivity index (χ3v) is 12.2. The molecule has 0 N–H and O–H groups in total. The van der Waals surface area contributed by atoms with Crippen molar-refractivity contribution in [2.45, 2.75) is 168 Å². The van der Waals surface area contributed by atoms with Crippen molar-refractivity contribution in [1.82, 2.24) is 29.7 Å². The van der Waals surface area contributed by atoms with Gasteiger partial charge in [0.25, 0.3) is 0 Å². The molecule has 4 heterocycles. The molecule has 1 aromatic heterocycles. The highest BCUT2D eigenvalue weighted by molar-refractivity contribution is 5.41. The van der Waals surface area contributed by atoms with Gasteiger partial charge in [-0.15, -0.1) is 0 Å². The predicted molar refractivity (Wildman–Crippen MR) is 198 cm³/mol. The van der Waals surface area contributed by atoms with Crippen molar-refractivity contribution in [3.63, 3.8) is 0 Å². The lowest BCUT2D eigenvalue weighted by Gasteiger charge is -2.55. The number of nitrogens with zero attached hydrogens (tertiary/aromatic N) is 8. The van der Waals surface area contributed by atoms with Crippen molar-refractivity contribution in [2.75, 3.05) is 69.8 Å². The summed E-state index contributed by atoms with van der Waals surface area (Å²) >= 11 is 0. The maximum Gasteiger partial charge on any atom is 0.230 e. The number of hydrogen-bond acceptors (Lipinski definition) is 9. The number of likely N-dealkylation sites (tertiary alicyclic amines) is 2. The fourth-order valence-corrected chi connectivity index (χ4v) is 8.77. The number of hydrogen-bond donors (Lipinski definition) is 0. The van der Waals surface area contributed by atoms with Gasteiger partial charge in [0.2, 0.25) is 11.9 Å². The van der Waals surface area contributed by atoms with Gasteiger partial charge < -0.3 is 19.4 Å². The van der Waals surface area contributed by atoms with Crippen molar-refractivity contribution < 1.29 is 4.74 Å². The van der Waals surface area contributed by atoms with E-state index in [1.807, 2.05) is 0 Å². The van der Waals surface area contributed by atoms with E-state index in [1.54, 1.807) is 0 Å². The van der Waals surface area contributed by atoms with Gasteiger partial charge in [-0.05, 0) is 121 Å². The van der Waals surface area contributed by atoms with E-state index >= 15 is 0 Å². The van der Waals surface area contributed by atoms with Crippen LogP contribution in [0.2, 0.25) is 0 Å². The molecule has 0 saturated carbocycles. The van der Waals surface area contributed by atoms with E-state index in [9.17, 15) is 0 Å². The smallest absolute Gasteiger partial charge is 0.230 e. The van der Waals surface area contributed by atoms with Crippen LogP contribution in [-0.4, -0.2) is 124 Å². The van der Waals surface area contributed by atoms with Gasteiger partial charge in [-0.2, -0.15) is 15.0 Å². The van der Waals surface area contributed by atoms with Gasteiger partial charge in [0, 0.05) is 59.8 Å². The van der Waals surface area contributed by atoms with E-state index in [0.717, 1.165) is 76.4 Å². The third-order valence-electron chi connectivity index (χ3n) is 12.2. The van der Waals surface area contributed by atoms with E-state index in [-0.39, 0.29) is 28.1 Å². The minimum atomic E-state index is 0.0896. The highest BCUT2D eigenvalue weighted by atomic mass is 16.5. The summed E-state index contributed by atoms with van der Waals surface area (Å²) < 4.78 is 5.66. The molecular weight excluding hydrogens is 584 g/mol. The summed E-state index contributed by atoms with van der Waals surface area (Å²) in [4.78, 5) is 28.2. The second-order valence-electron chi connectivity index (χ2n) is 17.8. The second kappa shape index (κ2) is 15.1. The number of aromatic nitrogens is 3. The van der Waals surface area contributed by atoms with Crippen LogP contribution in [0.25, 0.3) is 0 Å². The highest BCUT2D eigenvalue weighted by Crippen LogP contribution is 2.41. The molecule has 3 aliphatic heterocycles. The molecule has 4 rings (SSSR count). The molecule has 0 amide bonds. The van der Waals surface area contributed by atoms with Crippen LogP contribution in [0.15, 0.2) is 0 Å². The molecule has 3 fully saturated rings. The molecule has 47 heavy (non-hydrogen) atoms. The number of piperidine rings is 2. The first-order valence-electron chi connectivity index (χ1n) is 19.0. The van der Waals surface area contributed by atoms with E-state index in [0.29, 0.717) is 12.1 Å². The van der Waals surface area contributed by atoms with Gasteiger partial charge >= 0.3 is 0 Å². The summed E-state index contributed by atoms with van der Waals surface area (Å²) in [6.45, 7) is 32.5. The molecule has 0 aliphatic carbocycles. The molecule has 9 heteroatoms. The van der Waals surface area contributed by atoms with E-state index in [4.69, 9.17) is 19.7 Å². The molecule has 3 aliphatic rings. The largest absolute Gasteiger partial charge is 0.378 e. The Morgan fingerprint density at radius 1 is 0.702 bits per heavy atom. The molecule has 270 valence electrons. The molecule has 1 aromatic rings. The lowest BCUT2D eigenvalue weighted by atomic mass is 9.77. The Hall–Kier alpha value is -1.55. The number of rotatable bonds is 13. The Labute approximate surface area is 289 Å². The van der Waals surface area contributed by atoms with Crippen LogP contribution >= 0.6 is 0 Å². The first kappa shape index (κ1) is 38.3. The van der Waals surface area contributed by atoms with Crippen LogP contribution < -0.4 is 9.80 Å². The standard InChI is InChI=1S/C38H72N8O/c1-14-44(30-25-35(4,5)42(12)36(6,7)26-30)19-17-15-16-18-20-46(31-27-37(8,9)43(13)38(10,11)28-31)34-40-32(29(2)3)39-33(41-34)45-21-23-47-24-22-45/h29-31H,14-28H2,1-13H3. The van der Waals surface area contributed by atoms with Crippen LogP contribution in [0.5, 0.6) is 0 Å². The van der Waals surface area contributed by atoms with E-state index < -0.39 is 0 Å². The number of ether oxygens (including phenoxy) is 1. The lowest BCUT2D eigenvalue weighted by Crippen LogP contribution is -2.63. The maximum atomic E-state index is 5.66. The molecule has 0 atom stereocenters. The molecule has 9 nitrogen and oxygen atoms in total. The molecule has 0 bridgehead atoms. The highest BCUT2D eigenvalue weighted by Gasteiger charge is 2.46. The van der Waals surface area contributed by atoms with E-state index in [2.05, 4.69) is 115 Å². The summed E-state index contributed by atoms with van der Waals surface area (Å²) in [5.74, 6) is 2.83.